The molecule has 0 atom stereocenters. The summed E-state index contributed by atoms with van der Waals surface area (Å²) in [5.41, 5.74) is 2.62. The molecular formula is C16H26IN3. The molecule has 1 aromatic carbocycles. The van der Waals surface area contributed by atoms with E-state index in [-0.39, 0.29) is 24.0 Å². The second-order valence-corrected chi connectivity index (χ2v) is 5.55. The van der Waals surface area contributed by atoms with Gasteiger partial charge >= 0.3 is 0 Å². The Bertz CT molecular complexity index is 424. The summed E-state index contributed by atoms with van der Waals surface area (Å²) < 4.78 is 0. The van der Waals surface area contributed by atoms with Crippen LogP contribution in [-0.2, 0) is 6.54 Å². The summed E-state index contributed by atoms with van der Waals surface area (Å²) in [7, 11) is 3.94. The Morgan fingerprint density at radius 2 is 1.95 bits per heavy atom. The molecule has 112 valence electrons. The molecule has 1 aromatic rings. The van der Waals surface area contributed by atoms with E-state index >= 15 is 0 Å². The molecular weight excluding hydrogens is 361 g/mol. The van der Waals surface area contributed by atoms with E-state index in [1.54, 1.807) is 0 Å². The number of nitrogens with zero attached hydrogens (tertiary/aromatic N) is 2. The van der Waals surface area contributed by atoms with Gasteiger partial charge in [0.25, 0.3) is 0 Å². The standard InChI is InChI=1S/C16H25N3.HI/c1-13-4-6-15(7-5-13)12-19(3)16(17-2)18-11-10-14-8-9-14;/h4-7,14H,8-12H2,1-3H3,(H,17,18);1H. The van der Waals surface area contributed by atoms with Gasteiger partial charge in [-0.05, 0) is 24.8 Å². The lowest BCUT2D eigenvalue weighted by Gasteiger charge is -2.22. The van der Waals surface area contributed by atoms with Gasteiger partial charge in [-0.1, -0.05) is 42.7 Å². The van der Waals surface area contributed by atoms with Crippen LogP contribution in [0.2, 0.25) is 0 Å². The van der Waals surface area contributed by atoms with Crippen LogP contribution in [0.3, 0.4) is 0 Å². The van der Waals surface area contributed by atoms with E-state index in [9.17, 15) is 0 Å². The number of halogens is 1. The van der Waals surface area contributed by atoms with Crippen molar-refractivity contribution in [3.8, 4) is 0 Å². The molecule has 2 rings (SSSR count). The van der Waals surface area contributed by atoms with E-state index in [0.29, 0.717) is 0 Å². The fourth-order valence-corrected chi connectivity index (χ4v) is 2.22. The number of aryl methyl sites for hydroxylation is 1. The number of benzene rings is 1. The van der Waals surface area contributed by atoms with Gasteiger partial charge in [0.2, 0.25) is 0 Å². The van der Waals surface area contributed by atoms with Crippen molar-refractivity contribution in [3.63, 3.8) is 0 Å². The molecule has 1 aliphatic rings. The highest BCUT2D eigenvalue weighted by molar-refractivity contribution is 14.0. The third-order valence-electron chi connectivity index (χ3n) is 3.65. The lowest BCUT2D eigenvalue weighted by atomic mass is 10.1. The first-order valence-corrected chi connectivity index (χ1v) is 7.16. The lowest BCUT2D eigenvalue weighted by Crippen LogP contribution is -2.39. The number of rotatable bonds is 5. The first-order valence-electron chi connectivity index (χ1n) is 7.16. The third-order valence-corrected chi connectivity index (χ3v) is 3.65. The van der Waals surface area contributed by atoms with Crippen LogP contribution in [0.5, 0.6) is 0 Å². The fourth-order valence-electron chi connectivity index (χ4n) is 2.22. The number of hydrogen-bond donors (Lipinski definition) is 1. The van der Waals surface area contributed by atoms with Crippen LogP contribution in [-0.4, -0.2) is 31.5 Å². The van der Waals surface area contributed by atoms with Gasteiger partial charge in [-0.25, -0.2) is 0 Å². The largest absolute Gasteiger partial charge is 0.356 e. The molecule has 0 saturated heterocycles. The maximum Gasteiger partial charge on any atom is 0.193 e. The lowest BCUT2D eigenvalue weighted by molar-refractivity contribution is 0.474. The molecule has 1 aliphatic carbocycles. The molecule has 20 heavy (non-hydrogen) atoms. The van der Waals surface area contributed by atoms with Crippen LogP contribution in [0.4, 0.5) is 0 Å². The van der Waals surface area contributed by atoms with E-state index in [0.717, 1.165) is 25.0 Å². The summed E-state index contributed by atoms with van der Waals surface area (Å²) in [6.45, 7) is 4.05. The van der Waals surface area contributed by atoms with Crippen molar-refractivity contribution in [1.29, 1.82) is 0 Å². The number of guanidine groups is 1. The zero-order valence-corrected chi connectivity index (χ0v) is 15.1. The maximum atomic E-state index is 4.35. The first kappa shape index (κ1) is 17.3. The molecule has 0 aromatic heterocycles. The van der Waals surface area contributed by atoms with Crippen LogP contribution >= 0.6 is 24.0 Å². The van der Waals surface area contributed by atoms with Crippen molar-refractivity contribution < 1.29 is 0 Å². The van der Waals surface area contributed by atoms with Crippen LogP contribution in [0.25, 0.3) is 0 Å². The van der Waals surface area contributed by atoms with Gasteiger partial charge in [-0.15, -0.1) is 24.0 Å². The SMILES string of the molecule is CN=C(NCCC1CC1)N(C)Cc1ccc(C)cc1.I. The summed E-state index contributed by atoms with van der Waals surface area (Å²) in [6.07, 6.45) is 4.11. The summed E-state index contributed by atoms with van der Waals surface area (Å²) in [6, 6.07) is 8.69. The van der Waals surface area contributed by atoms with Gasteiger partial charge in [0.15, 0.2) is 5.96 Å². The molecule has 0 unspecified atom stereocenters. The Morgan fingerprint density at radius 3 is 2.50 bits per heavy atom. The first-order chi connectivity index (χ1) is 9.19. The summed E-state index contributed by atoms with van der Waals surface area (Å²) in [5, 5.41) is 3.45. The predicted molar refractivity (Wildman–Crippen MR) is 96.8 cm³/mol. The average molecular weight is 387 g/mol. The molecule has 1 saturated carbocycles. The predicted octanol–water partition coefficient (Wildman–Crippen LogP) is 3.42. The van der Waals surface area contributed by atoms with Crippen molar-refractivity contribution in [1.82, 2.24) is 10.2 Å². The Labute approximate surface area is 139 Å². The molecule has 4 heteroatoms. The fraction of sp³-hybridized carbons (Fsp3) is 0.562. The smallest absolute Gasteiger partial charge is 0.193 e. The van der Waals surface area contributed by atoms with Crippen LogP contribution in [0.1, 0.15) is 30.4 Å². The third kappa shape index (κ3) is 5.69. The second-order valence-electron chi connectivity index (χ2n) is 5.55. The van der Waals surface area contributed by atoms with Crippen molar-refractivity contribution >= 4 is 29.9 Å². The minimum atomic E-state index is 0. The van der Waals surface area contributed by atoms with E-state index in [4.69, 9.17) is 0 Å². The molecule has 0 heterocycles. The quantitative estimate of drug-likeness (QED) is 0.476. The van der Waals surface area contributed by atoms with Crippen molar-refractivity contribution in [2.45, 2.75) is 32.7 Å². The average Bonchev–Trinajstić information content (AvgIpc) is 3.21. The monoisotopic (exact) mass is 387 g/mol. The Hall–Kier alpha value is -0.780. The van der Waals surface area contributed by atoms with Crippen molar-refractivity contribution in [2.24, 2.45) is 10.9 Å². The van der Waals surface area contributed by atoms with Gasteiger partial charge in [0, 0.05) is 27.2 Å². The molecule has 1 fully saturated rings. The summed E-state index contributed by atoms with van der Waals surface area (Å²) in [5.74, 6) is 1.95. The van der Waals surface area contributed by atoms with Gasteiger partial charge in [0.05, 0.1) is 0 Å². The van der Waals surface area contributed by atoms with Gasteiger partial charge in [0.1, 0.15) is 0 Å². The highest BCUT2D eigenvalue weighted by atomic mass is 127. The second kappa shape index (κ2) is 8.49. The zero-order valence-electron chi connectivity index (χ0n) is 12.7. The molecule has 0 spiro atoms. The molecule has 0 amide bonds. The van der Waals surface area contributed by atoms with Crippen LogP contribution < -0.4 is 5.32 Å². The van der Waals surface area contributed by atoms with Crippen LogP contribution in [0.15, 0.2) is 29.3 Å². The summed E-state index contributed by atoms with van der Waals surface area (Å²) in [4.78, 5) is 6.53. The van der Waals surface area contributed by atoms with E-state index in [1.807, 2.05) is 7.05 Å². The highest BCUT2D eigenvalue weighted by Gasteiger charge is 2.20. The molecule has 0 radical (unpaired) electrons. The minimum absolute atomic E-state index is 0. The number of nitrogens with one attached hydrogen (secondary N) is 1. The van der Waals surface area contributed by atoms with Gasteiger partial charge in [-0.2, -0.15) is 0 Å². The Kier molecular flexibility index (Phi) is 7.34. The Morgan fingerprint density at radius 1 is 1.30 bits per heavy atom. The maximum absolute atomic E-state index is 4.35. The van der Waals surface area contributed by atoms with Crippen LogP contribution in [0, 0.1) is 12.8 Å². The van der Waals surface area contributed by atoms with Gasteiger partial charge < -0.3 is 10.2 Å². The topological polar surface area (TPSA) is 27.6 Å². The molecule has 0 bridgehead atoms. The highest BCUT2D eigenvalue weighted by Crippen LogP contribution is 2.31. The van der Waals surface area contributed by atoms with Gasteiger partial charge in [-0.3, -0.25) is 4.99 Å². The summed E-state index contributed by atoms with van der Waals surface area (Å²) >= 11 is 0. The normalized spacial score (nSPS) is 14.7. The minimum Gasteiger partial charge on any atom is -0.356 e. The number of aliphatic imine (C=N–C) groups is 1. The van der Waals surface area contributed by atoms with Crippen molar-refractivity contribution in [3.05, 3.63) is 35.4 Å². The van der Waals surface area contributed by atoms with E-state index < -0.39 is 0 Å². The molecule has 1 N–H and O–H groups in total. The van der Waals surface area contributed by atoms with E-state index in [1.165, 1.54) is 30.4 Å². The molecule has 0 aliphatic heterocycles. The van der Waals surface area contributed by atoms with Crippen molar-refractivity contribution in [2.75, 3.05) is 20.6 Å². The number of hydrogen-bond acceptors (Lipinski definition) is 1. The Balaban J connectivity index is 0.00000200. The molecule has 3 nitrogen and oxygen atoms in total. The zero-order chi connectivity index (χ0) is 13.7. The van der Waals surface area contributed by atoms with E-state index in [2.05, 4.69) is 53.4 Å².